The van der Waals surface area contributed by atoms with Gasteiger partial charge in [-0.3, -0.25) is 9.13 Å². The van der Waals surface area contributed by atoms with E-state index < -0.39 is 54.7 Å². The van der Waals surface area contributed by atoms with E-state index in [4.69, 9.17) is 15.0 Å². The van der Waals surface area contributed by atoms with Crippen LogP contribution in [0.4, 0.5) is 5.82 Å². The highest BCUT2D eigenvalue weighted by molar-refractivity contribution is 7.54. The molecule has 2 rings (SSSR count). The number of aliphatic hydroxyl groups excluding tert-OH is 2. The van der Waals surface area contributed by atoms with E-state index >= 15 is 0 Å². The second-order valence-corrected chi connectivity index (χ2v) is 10.7. The Morgan fingerprint density at radius 2 is 1.93 bits per heavy atom. The van der Waals surface area contributed by atoms with E-state index in [1.807, 2.05) is 0 Å². The minimum atomic E-state index is -4.46. The van der Waals surface area contributed by atoms with Crippen LogP contribution < -0.4 is 11.4 Å². The third-order valence-corrected chi connectivity index (χ3v) is 8.20. The molecule has 0 aliphatic carbocycles. The molecule has 0 amide bonds. The molecule has 0 saturated carbocycles. The Morgan fingerprint density at radius 3 is 2.47 bits per heavy atom. The Balaban J connectivity index is 2.30. The molecule has 12 heteroatoms. The lowest BCUT2D eigenvalue weighted by molar-refractivity contribution is -0.101. The monoisotopic (exact) mass is 449 g/mol. The fourth-order valence-electron chi connectivity index (χ4n) is 3.19. The molecular weight excluding hydrogens is 417 g/mol. The first kappa shape index (κ1) is 24.9. The van der Waals surface area contributed by atoms with E-state index in [9.17, 15) is 29.6 Å². The predicted octanol–water partition coefficient (Wildman–Crippen LogP) is 0.488. The van der Waals surface area contributed by atoms with Gasteiger partial charge in [0.05, 0.1) is 11.7 Å². The van der Waals surface area contributed by atoms with Gasteiger partial charge in [-0.2, -0.15) is 4.98 Å². The van der Waals surface area contributed by atoms with Crippen molar-refractivity contribution in [2.45, 2.75) is 83.4 Å². The number of nitrogens with zero attached hydrogens (tertiary/aromatic N) is 2. The van der Waals surface area contributed by atoms with Gasteiger partial charge in [-0.05, 0) is 34.1 Å². The molecule has 11 nitrogen and oxygen atoms in total. The number of rotatable bonds is 7. The number of aromatic nitrogens is 2. The van der Waals surface area contributed by atoms with Gasteiger partial charge < -0.3 is 35.2 Å². The molecule has 1 aromatic heterocycles. The van der Waals surface area contributed by atoms with Gasteiger partial charge in [0.25, 0.3) is 0 Å². The highest BCUT2D eigenvalue weighted by atomic mass is 31.2. The SMILES string of the molecule is CCC(C)(O)P(=O)(O)OC(C)(C)C(C)C1OC(n2cc(C)c(N)nc2=O)C(O)C1O. The summed E-state index contributed by atoms with van der Waals surface area (Å²) in [5, 5.41) is 29.3. The van der Waals surface area contributed by atoms with Crippen molar-refractivity contribution < 1.29 is 34.0 Å². The third-order valence-electron chi connectivity index (χ3n) is 5.95. The largest absolute Gasteiger partial charge is 0.388 e. The number of hydrogen-bond acceptors (Lipinski definition) is 9. The average molecular weight is 449 g/mol. The summed E-state index contributed by atoms with van der Waals surface area (Å²) in [6.45, 7) is 9.03. The predicted molar refractivity (Wildman–Crippen MR) is 109 cm³/mol. The normalized spacial score (nSPS) is 29.9. The number of nitrogen functional groups attached to an aromatic ring is 1. The standard InChI is InChI=1S/C18H32N3O8P/c1-7-18(6,25)30(26,27)29-17(4,5)10(3)13-11(22)12(23)15(28-13)21-8-9(2)14(19)20-16(21)24/h8,10-13,15,22-23,25H,7H2,1-6H3,(H,26,27)(H2,19,20,24). The summed E-state index contributed by atoms with van der Waals surface area (Å²) >= 11 is 0. The molecule has 7 atom stereocenters. The highest BCUT2D eigenvalue weighted by Gasteiger charge is 2.53. The quantitative estimate of drug-likeness (QED) is 0.368. The van der Waals surface area contributed by atoms with Crippen LogP contribution in [0.15, 0.2) is 11.0 Å². The summed E-state index contributed by atoms with van der Waals surface area (Å²) < 4.78 is 24.9. The number of anilines is 1. The van der Waals surface area contributed by atoms with Crippen molar-refractivity contribution in [1.82, 2.24) is 9.55 Å². The lowest BCUT2D eigenvalue weighted by Crippen LogP contribution is -2.46. The molecular formula is C18H32N3O8P. The second kappa shape index (κ2) is 8.31. The third kappa shape index (κ3) is 4.47. The molecule has 30 heavy (non-hydrogen) atoms. The summed E-state index contributed by atoms with van der Waals surface area (Å²) in [6.07, 6.45) is -3.79. The number of hydrogen-bond donors (Lipinski definition) is 5. The fourth-order valence-corrected chi connectivity index (χ4v) is 4.59. The van der Waals surface area contributed by atoms with Crippen molar-refractivity contribution in [1.29, 1.82) is 0 Å². The average Bonchev–Trinajstić information content (AvgIpc) is 2.91. The van der Waals surface area contributed by atoms with Gasteiger partial charge in [-0.15, -0.1) is 0 Å². The Hall–Kier alpha value is -1.33. The number of nitrogens with two attached hydrogens (primary N) is 1. The Labute approximate surface area is 175 Å². The Kier molecular flexibility index (Phi) is 6.91. The lowest BCUT2D eigenvalue weighted by atomic mass is 9.85. The molecule has 0 radical (unpaired) electrons. The molecule has 1 aromatic rings. The number of aryl methyl sites for hydroxylation is 1. The molecule has 2 heterocycles. The smallest absolute Gasteiger partial charge is 0.359 e. The molecule has 1 saturated heterocycles. The summed E-state index contributed by atoms with van der Waals surface area (Å²) in [7, 11) is -4.46. The van der Waals surface area contributed by atoms with Crippen molar-refractivity contribution in [3.8, 4) is 0 Å². The van der Waals surface area contributed by atoms with Crippen molar-refractivity contribution >= 4 is 13.4 Å². The van der Waals surface area contributed by atoms with Crippen LogP contribution in [-0.4, -0.2) is 59.0 Å². The minimum Gasteiger partial charge on any atom is -0.388 e. The molecule has 0 aromatic carbocycles. The maximum Gasteiger partial charge on any atom is 0.359 e. The van der Waals surface area contributed by atoms with Crippen LogP contribution in [0.3, 0.4) is 0 Å². The van der Waals surface area contributed by atoms with Crippen LogP contribution in [0.1, 0.15) is 52.8 Å². The van der Waals surface area contributed by atoms with E-state index in [1.54, 1.807) is 20.8 Å². The summed E-state index contributed by atoms with van der Waals surface area (Å²) in [4.78, 5) is 26.2. The number of aliphatic hydroxyl groups is 3. The van der Waals surface area contributed by atoms with Crippen LogP contribution in [0.25, 0.3) is 0 Å². The molecule has 172 valence electrons. The van der Waals surface area contributed by atoms with Gasteiger partial charge in [0.15, 0.2) is 11.6 Å². The lowest BCUT2D eigenvalue weighted by Gasteiger charge is -2.40. The van der Waals surface area contributed by atoms with E-state index in [1.165, 1.54) is 27.0 Å². The van der Waals surface area contributed by atoms with Gasteiger partial charge >= 0.3 is 13.3 Å². The van der Waals surface area contributed by atoms with E-state index in [0.29, 0.717) is 5.56 Å². The number of ether oxygens (including phenoxy) is 1. The molecule has 6 N–H and O–H groups in total. The molecule has 1 aliphatic heterocycles. The molecule has 0 spiro atoms. The molecule has 0 bridgehead atoms. The first-order valence-electron chi connectivity index (χ1n) is 9.68. The van der Waals surface area contributed by atoms with Crippen molar-refractivity contribution in [3.63, 3.8) is 0 Å². The first-order chi connectivity index (χ1) is 13.6. The van der Waals surface area contributed by atoms with E-state index in [0.717, 1.165) is 4.57 Å². The molecule has 7 unspecified atom stereocenters. The maximum atomic E-state index is 12.6. The topological polar surface area (TPSA) is 177 Å². The van der Waals surface area contributed by atoms with Crippen LogP contribution in [-0.2, 0) is 13.8 Å². The van der Waals surface area contributed by atoms with E-state index in [-0.39, 0.29) is 12.2 Å². The van der Waals surface area contributed by atoms with Crippen LogP contribution in [0.2, 0.25) is 0 Å². The van der Waals surface area contributed by atoms with Gasteiger partial charge in [0, 0.05) is 17.7 Å². The highest BCUT2D eigenvalue weighted by Crippen LogP contribution is 2.59. The van der Waals surface area contributed by atoms with E-state index in [2.05, 4.69) is 4.98 Å². The Bertz CT molecular complexity index is 887. The molecule has 1 fully saturated rings. The van der Waals surface area contributed by atoms with Gasteiger partial charge in [-0.25, -0.2) is 4.79 Å². The maximum absolute atomic E-state index is 12.6. The zero-order valence-corrected chi connectivity index (χ0v) is 18.9. The van der Waals surface area contributed by atoms with Gasteiger partial charge in [-0.1, -0.05) is 13.8 Å². The zero-order chi connectivity index (χ0) is 23.2. The van der Waals surface area contributed by atoms with Crippen molar-refractivity contribution in [3.05, 3.63) is 22.2 Å². The van der Waals surface area contributed by atoms with Gasteiger partial charge in [0.1, 0.15) is 18.0 Å². The fraction of sp³-hybridized carbons (Fsp3) is 0.778. The summed E-state index contributed by atoms with van der Waals surface area (Å²) in [6, 6.07) is 0. The van der Waals surface area contributed by atoms with Crippen LogP contribution >= 0.6 is 7.60 Å². The zero-order valence-electron chi connectivity index (χ0n) is 18.0. The van der Waals surface area contributed by atoms with Crippen LogP contribution in [0, 0.1) is 12.8 Å². The Morgan fingerprint density at radius 1 is 1.37 bits per heavy atom. The van der Waals surface area contributed by atoms with Crippen LogP contribution in [0.5, 0.6) is 0 Å². The molecule has 1 aliphatic rings. The van der Waals surface area contributed by atoms with Gasteiger partial charge in [0.2, 0.25) is 0 Å². The van der Waals surface area contributed by atoms with Crippen molar-refractivity contribution in [2.24, 2.45) is 5.92 Å². The van der Waals surface area contributed by atoms with Crippen molar-refractivity contribution in [2.75, 3.05) is 5.73 Å². The summed E-state index contributed by atoms with van der Waals surface area (Å²) in [5.74, 6) is -0.677. The second-order valence-electron chi connectivity index (χ2n) is 8.55. The minimum absolute atomic E-state index is 0.0129. The first-order valence-corrected chi connectivity index (χ1v) is 11.3. The summed E-state index contributed by atoms with van der Waals surface area (Å²) in [5.41, 5.74) is 4.02.